The van der Waals surface area contributed by atoms with Gasteiger partial charge in [-0.15, -0.1) is 22.7 Å². The first-order valence-electron chi connectivity index (χ1n) is 17.8. The smallest absolute Gasteiger partial charge is 0.367 e. The van der Waals surface area contributed by atoms with Crippen molar-refractivity contribution in [3.8, 4) is 15.5 Å². The molecule has 296 valence electrons. The van der Waals surface area contributed by atoms with Crippen molar-refractivity contribution >= 4 is 81.0 Å². The second-order valence-electron chi connectivity index (χ2n) is 13.7. The van der Waals surface area contributed by atoms with Crippen molar-refractivity contribution in [2.24, 2.45) is 0 Å². The monoisotopic (exact) mass is 846 g/mol. The van der Waals surface area contributed by atoms with E-state index in [1.165, 1.54) is 24.3 Å². The Balaban J connectivity index is 1.22. The third kappa shape index (κ3) is 6.29. The normalized spacial score (nSPS) is 16.1. The van der Waals surface area contributed by atoms with Crippen LogP contribution in [0.5, 0.6) is 5.75 Å². The van der Waals surface area contributed by atoms with Crippen LogP contribution >= 0.6 is 22.7 Å². The van der Waals surface area contributed by atoms with Crippen LogP contribution in [-0.4, -0.2) is 35.1 Å². The van der Waals surface area contributed by atoms with Crippen molar-refractivity contribution < 1.29 is 60.5 Å². The van der Waals surface area contributed by atoms with Gasteiger partial charge in [-0.2, -0.15) is 0 Å². The van der Waals surface area contributed by atoms with Crippen molar-refractivity contribution in [1.29, 1.82) is 0 Å². The van der Waals surface area contributed by atoms with Gasteiger partial charge in [0, 0.05) is 49.7 Å². The molecule has 60 heavy (non-hydrogen) atoms. The summed E-state index contributed by atoms with van der Waals surface area (Å²) in [5, 5.41) is 0. The SMILES string of the molecule is O=C1C(=O)c2c(F)cc(F)cc2/C1=C/c1cc2c(s1)-c1sc(/C=C3\C(=O)C(=O)c4c(F)cc(F)cc43)cc1C(C(=O)OCc1ccccc1)(C(=O)OCc1ccccc1)O2. The lowest BCUT2D eigenvalue weighted by Gasteiger charge is -2.33. The molecule has 0 atom stereocenters. The average molecular weight is 847 g/mol. The van der Waals surface area contributed by atoms with Crippen LogP contribution in [-0.2, 0) is 47.5 Å². The van der Waals surface area contributed by atoms with Crippen molar-refractivity contribution in [1.82, 2.24) is 0 Å². The molecule has 0 bridgehead atoms. The number of carbonyl (C=O) groups is 6. The van der Waals surface area contributed by atoms with Crippen molar-refractivity contribution in [2.45, 2.75) is 18.8 Å². The van der Waals surface area contributed by atoms with Crippen LogP contribution in [0.25, 0.3) is 33.1 Å². The molecule has 3 aliphatic rings. The highest BCUT2D eigenvalue weighted by Gasteiger charge is 2.59. The molecule has 0 spiro atoms. The number of allylic oxidation sites excluding steroid dienone is 2. The van der Waals surface area contributed by atoms with Crippen molar-refractivity contribution in [3.05, 3.63) is 169 Å². The number of Topliss-reactive ketones (excluding diaryl/α,β-unsaturated/α-hetero) is 4. The van der Waals surface area contributed by atoms with E-state index in [1.54, 1.807) is 60.7 Å². The van der Waals surface area contributed by atoms with Crippen LogP contribution < -0.4 is 4.74 Å². The van der Waals surface area contributed by atoms with Gasteiger partial charge in [0.2, 0.25) is 23.1 Å². The molecule has 0 amide bonds. The lowest BCUT2D eigenvalue weighted by molar-refractivity contribution is -0.183. The van der Waals surface area contributed by atoms with Crippen molar-refractivity contribution in [2.75, 3.05) is 0 Å². The first kappa shape index (κ1) is 38.4. The summed E-state index contributed by atoms with van der Waals surface area (Å²) < 4.78 is 76.2. The minimum Gasteiger partial charge on any atom is -0.458 e. The number of hydrogen-bond acceptors (Lipinski definition) is 11. The van der Waals surface area contributed by atoms with Crippen LogP contribution in [0.4, 0.5) is 17.6 Å². The summed E-state index contributed by atoms with van der Waals surface area (Å²) in [7, 11) is 0. The summed E-state index contributed by atoms with van der Waals surface area (Å²) in [6.07, 6.45) is 2.42. The Morgan fingerprint density at radius 2 is 1.03 bits per heavy atom. The Morgan fingerprint density at radius 3 is 1.52 bits per heavy atom. The quantitative estimate of drug-likeness (QED) is 0.0486. The number of ether oxygens (including phenoxy) is 3. The maximum absolute atomic E-state index is 14.8. The van der Waals surface area contributed by atoms with Gasteiger partial charge in [-0.3, -0.25) is 19.2 Å². The van der Waals surface area contributed by atoms with Crippen molar-refractivity contribution in [3.63, 3.8) is 0 Å². The molecule has 2 aromatic heterocycles. The summed E-state index contributed by atoms with van der Waals surface area (Å²) in [5.74, 6) is -11.6. The van der Waals surface area contributed by atoms with E-state index >= 15 is 0 Å². The summed E-state index contributed by atoms with van der Waals surface area (Å²) in [6.45, 7) is -0.623. The maximum atomic E-state index is 14.8. The van der Waals surface area contributed by atoms with Gasteiger partial charge in [0.1, 0.15) is 42.2 Å². The van der Waals surface area contributed by atoms with Gasteiger partial charge in [-0.05, 0) is 47.5 Å². The van der Waals surface area contributed by atoms with E-state index in [9.17, 15) is 46.3 Å². The average Bonchev–Trinajstić information content (AvgIpc) is 3.96. The lowest BCUT2D eigenvalue weighted by Crippen LogP contribution is -2.52. The van der Waals surface area contributed by atoms with E-state index < -0.39 is 75.1 Å². The fourth-order valence-electron chi connectivity index (χ4n) is 7.19. The fourth-order valence-corrected chi connectivity index (χ4v) is 9.51. The number of thiophene rings is 2. The molecule has 2 aliphatic carbocycles. The Morgan fingerprint density at radius 1 is 0.583 bits per heavy atom. The number of halogens is 4. The van der Waals surface area contributed by atoms with Crippen LogP contribution in [0.15, 0.2) is 97.1 Å². The number of carbonyl (C=O) groups excluding carboxylic acids is 6. The van der Waals surface area contributed by atoms with E-state index in [1.807, 2.05) is 0 Å². The predicted molar refractivity (Wildman–Crippen MR) is 210 cm³/mol. The Bertz CT molecular complexity index is 2910. The zero-order chi connectivity index (χ0) is 42.0. The number of esters is 2. The number of fused-ring (bicyclic) bond motifs is 5. The molecule has 0 fully saturated rings. The number of rotatable bonds is 8. The first-order chi connectivity index (χ1) is 28.8. The van der Waals surface area contributed by atoms with Crippen LogP contribution in [0.3, 0.4) is 0 Å². The Hall–Kier alpha value is -7.10. The summed E-state index contributed by atoms with van der Waals surface area (Å²) in [4.78, 5) is 81.9. The lowest BCUT2D eigenvalue weighted by atomic mass is 9.90. The van der Waals surface area contributed by atoms with E-state index in [2.05, 4.69) is 0 Å². The molecule has 9 rings (SSSR count). The second kappa shape index (κ2) is 14.6. The molecule has 4 aromatic carbocycles. The summed E-state index contributed by atoms with van der Waals surface area (Å²) in [6, 6.07) is 22.4. The van der Waals surface area contributed by atoms with E-state index in [0.29, 0.717) is 23.3 Å². The summed E-state index contributed by atoms with van der Waals surface area (Å²) >= 11 is 1.87. The molecule has 1 aliphatic heterocycles. The van der Waals surface area contributed by atoms with Crippen LogP contribution in [0, 0.1) is 23.3 Å². The topological polar surface area (TPSA) is 130 Å². The second-order valence-corrected chi connectivity index (χ2v) is 15.9. The van der Waals surface area contributed by atoms with Gasteiger partial charge in [-0.1, -0.05) is 60.7 Å². The van der Waals surface area contributed by atoms with Gasteiger partial charge in [-0.25, -0.2) is 27.2 Å². The van der Waals surface area contributed by atoms with Gasteiger partial charge in [0.25, 0.3) is 0 Å². The van der Waals surface area contributed by atoms with Gasteiger partial charge in [0.05, 0.1) is 20.9 Å². The number of hydrogen-bond donors (Lipinski definition) is 0. The molecule has 6 aromatic rings. The fraction of sp³-hybridized carbons (Fsp3) is 0.0667. The Kier molecular flexibility index (Phi) is 9.36. The highest BCUT2D eigenvalue weighted by atomic mass is 32.1. The van der Waals surface area contributed by atoms with E-state index in [4.69, 9.17) is 14.2 Å². The molecule has 0 unspecified atom stereocenters. The molecule has 9 nitrogen and oxygen atoms in total. The van der Waals surface area contributed by atoms with Crippen LogP contribution in [0.1, 0.15) is 58.3 Å². The predicted octanol–water partition coefficient (Wildman–Crippen LogP) is 8.72. The maximum Gasteiger partial charge on any atom is 0.367 e. The minimum atomic E-state index is -2.70. The number of benzene rings is 4. The molecular weight excluding hydrogens is 825 g/mol. The largest absolute Gasteiger partial charge is 0.458 e. The minimum absolute atomic E-state index is 0.0993. The van der Waals surface area contributed by atoms with E-state index in [-0.39, 0.29) is 66.3 Å². The van der Waals surface area contributed by atoms with Gasteiger partial charge in [0.15, 0.2) is 0 Å². The molecule has 0 radical (unpaired) electrons. The third-order valence-electron chi connectivity index (χ3n) is 9.94. The highest BCUT2D eigenvalue weighted by molar-refractivity contribution is 7.23. The third-order valence-corrected chi connectivity index (χ3v) is 12.2. The molecule has 15 heteroatoms. The summed E-state index contributed by atoms with van der Waals surface area (Å²) in [5.41, 5.74) is -4.14. The molecule has 3 heterocycles. The van der Waals surface area contributed by atoms with Gasteiger partial charge < -0.3 is 14.2 Å². The highest BCUT2D eigenvalue weighted by Crippen LogP contribution is 2.55. The number of ketones is 4. The first-order valence-corrected chi connectivity index (χ1v) is 19.5. The zero-order valence-corrected chi connectivity index (χ0v) is 31.9. The zero-order valence-electron chi connectivity index (χ0n) is 30.3. The Labute approximate surface area is 343 Å². The standard InChI is InChI=1S/C45H22F4O9S2/c46-23-11-27-29(37(50)39(52)35(27)32(48)13-23)15-25-17-31-41(59-25)42-34(18-26(60-42)16-30-28-12-24(47)14-33(49)36(28)40(53)38(30)51)58-45(31,43(54)56-19-21-7-3-1-4-8-21)44(55)57-20-22-9-5-2-6-10-22/h1-18H,19-20H2/b29-15-,30-16-. The van der Waals surface area contributed by atoms with Gasteiger partial charge >= 0.3 is 17.5 Å². The van der Waals surface area contributed by atoms with E-state index in [0.717, 1.165) is 34.8 Å². The molecule has 0 saturated heterocycles. The molecular formula is C45H22F4O9S2. The van der Waals surface area contributed by atoms with Crippen LogP contribution in [0.2, 0.25) is 0 Å². The molecule has 0 saturated carbocycles. The molecule has 0 N–H and O–H groups in total.